The van der Waals surface area contributed by atoms with Gasteiger partial charge in [-0.1, -0.05) is 18.2 Å². The number of morpholine rings is 1. The third kappa shape index (κ3) is 2.49. The van der Waals surface area contributed by atoms with Crippen molar-refractivity contribution in [2.75, 3.05) is 39.4 Å². The molecule has 2 aromatic rings. The molecule has 1 N–H and O–H groups in total. The molecule has 2 aliphatic heterocycles. The average Bonchev–Trinajstić information content (AvgIpc) is 2.98. The smallest absolute Gasteiger partial charge is 0.256 e. The van der Waals surface area contributed by atoms with E-state index >= 15 is 0 Å². The molecule has 0 saturated carbocycles. The predicted octanol–water partition coefficient (Wildman–Crippen LogP) is 1.10. The highest BCUT2D eigenvalue weighted by Gasteiger charge is 2.38. The molecule has 0 aliphatic carbocycles. The van der Waals surface area contributed by atoms with Crippen LogP contribution in [0.4, 0.5) is 0 Å². The summed E-state index contributed by atoms with van der Waals surface area (Å²) < 4.78 is 5.27. The van der Waals surface area contributed by atoms with Crippen LogP contribution in [0, 0.1) is 5.92 Å². The van der Waals surface area contributed by atoms with E-state index < -0.39 is 0 Å². The predicted molar refractivity (Wildman–Crippen MR) is 85.1 cm³/mol. The van der Waals surface area contributed by atoms with E-state index in [4.69, 9.17) is 4.74 Å². The first-order valence-electron chi connectivity index (χ1n) is 7.96. The lowest BCUT2D eigenvalue weighted by Gasteiger charge is -2.41. The van der Waals surface area contributed by atoms with Crippen LogP contribution in [0.25, 0.3) is 10.9 Å². The van der Waals surface area contributed by atoms with Crippen LogP contribution in [-0.4, -0.2) is 66.0 Å². The van der Waals surface area contributed by atoms with Gasteiger partial charge in [-0.3, -0.25) is 9.59 Å². The molecular formula is C17H19N3O3. The molecule has 2 amide bonds. The molecule has 2 saturated heterocycles. The summed E-state index contributed by atoms with van der Waals surface area (Å²) in [6, 6.07) is 7.75. The van der Waals surface area contributed by atoms with E-state index in [-0.39, 0.29) is 17.7 Å². The van der Waals surface area contributed by atoms with Gasteiger partial charge in [-0.15, -0.1) is 0 Å². The van der Waals surface area contributed by atoms with Crippen molar-refractivity contribution in [3.8, 4) is 0 Å². The van der Waals surface area contributed by atoms with Gasteiger partial charge in [0.1, 0.15) is 0 Å². The van der Waals surface area contributed by atoms with Crippen LogP contribution in [0.5, 0.6) is 0 Å². The fraction of sp³-hybridized carbons (Fsp3) is 0.412. The first-order chi connectivity index (χ1) is 11.2. The number of rotatable bonds is 2. The van der Waals surface area contributed by atoms with E-state index in [1.807, 2.05) is 29.2 Å². The molecule has 6 nitrogen and oxygen atoms in total. The number of amides is 2. The number of nitrogens with zero attached hydrogens (tertiary/aromatic N) is 2. The number of nitrogens with one attached hydrogen (secondary N) is 1. The van der Waals surface area contributed by atoms with Crippen LogP contribution >= 0.6 is 0 Å². The Hall–Kier alpha value is -2.34. The van der Waals surface area contributed by atoms with Gasteiger partial charge in [0.2, 0.25) is 5.91 Å². The Morgan fingerprint density at radius 2 is 1.83 bits per heavy atom. The zero-order chi connectivity index (χ0) is 15.8. The quantitative estimate of drug-likeness (QED) is 0.903. The maximum Gasteiger partial charge on any atom is 0.256 e. The number of benzene rings is 1. The molecule has 4 rings (SSSR count). The van der Waals surface area contributed by atoms with Crippen LogP contribution in [0.1, 0.15) is 10.4 Å². The molecule has 2 aliphatic rings. The Bertz CT molecular complexity index is 742. The number of hydrogen-bond acceptors (Lipinski definition) is 3. The van der Waals surface area contributed by atoms with E-state index in [2.05, 4.69) is 4.98 Å². The van der Waals surface area contributed by atoms with Gasteiger partial charge in [-0.25, -0.2) is 0 Å². The highest BCUT2D eigenvalue weighted by Crippen LogP contribution is 2.25. The summed E-state index contributed by atoms with van der Waals surface area (Å²) in [7, 11) is 0. The number of aromatic amines is 1. The first-order valence-corrected chi connectivity index (χ1v) is 7.96. The van der Waals surface area contributed by atoms with Crippen LogP contribution in [-0.2, 0) is 9.53 Å². The maximum atomic E-state index is 12.6. The third-order valence-electron chi connectivity index (χ3n) is 4.66. The van der Waals surface area contributed by atoms with Crippen molar-refractivity contribution in [1.82, 2.24) is 14.8 Å². The lowest BCUT2D eigenvalue weighted by Crippen LogP contribution is -2.57. The van der Waals surface area contributed by atoms with Crippen molar-refractivity contribution in [2.24, 2.45) is 5.92 Å². The Labute approximate surface area is 134 Å². The second kappa shape index (κ2) is 5.70. The normalized spacial score (nSPS) is 19.0. The van der Waals surface area contributed by atoms with Gasteiger partial charge in [0.15, 0.2) is 0 Å². The van der Waals surface area contributed by atoms with Crippen LogP contribution < -0.4 is 0 Å². The molecule has 6 heteroatoms. The lowest BCUT2D eigenvalue weighted by molar-refractivity contribution is -0.143. The zero-order valence-electron chi connectivity index (χ0n) is 12.8. The molecular weight excluding hydrogens is 294 g/mol. The lowest BCUT2D eigenvalue weighted by atomic mass is 9.97. The van der Waals surface area contributed by atoms with Crippen LogP contribution in [0.15, 0.2) is 30.5 Å². The molecule has 120 valence electrons. The number of H-pyrrole nitrogens is 1. The number of likely N-dealkylation sites (tertiary alicyclic amines) is 1. The average molecular weight is 313 g/mol. The first kappa shape index (κ1) is 14.3. The SMILES string of the molecule is O=C(c1c[nH]c2ccccc12)N1CC(C(=O)N2CCOCC2)C1. The van der Waals surface area contributed by atoms with Crippen molar-refractivity contribution in [3.63, 3.8) is 0 Å². The van der Waals surface area contributed by atoms with E-state index in [0.717, 1.165) is 10.9 Å². The van der Waals surface area contributed by atoms with Crippen molar-refractivity contribution < 1.29 is 14.3 Å². The van der Waals surface area contributed by atoms with Gasteiger partial charge >= 0.3 is 0 Å². The largest absolute Gasteiger partial charge is 0.378 e. The standard InChI is InChI=1S/C17H19N3O3/c21-16(19-5-7-23-8-6-19)12-10-20(11-12)17(22)14-9-18-15-4-2-1-3-13(14)15/h1-4,9,12,18H,5-8,10-11H2. The Morgan fingerprint density at radius 3 is 2.61 bits per heavy atom. The summed E-state index contributed by atoms with van der Waals surface area (Å²) in [4.78, 5) is 31.7. The van der Waals surface area contributed by atoms with Crippen molar-refractivity contribution >= 4 is 22.7 Å². The van der Waals surface area contributed by atoms with Crippen LogP contribution in [0.3, 0.4) is 0 Å². The van der Waals surface area contributed by atoms with Crippen molar-refractivity contribution in [2.45, 2.75) is 0 Å². The molecule has 2 fully saturated rings. The van der Waals surface area contributed by atoms with Gasteiger partial charge in [-0.05, 0) is 6.07 Å². The fourth-order valence-electron chi connectivity index (χ4n) is 3.26. The summed E-state index contributed by atoms with van der Waals surface area (Å²) in [6.45, 7) is 3.55. The summed E-state index contributed by atoms with van der Waals surface area (Å²) in [5.41, 5.74) is 1.63. The monoisotopic (exact) mass is 313 g/mol. The zero-order valence-corrected chi connectivity index (χ0v) is 12.8. The second-order valence-electron chi connectivity index (χ2n) is 6.09. The molecule has 0 radical (unpaired) electrons. The van der Waals surface area contributed by atoms with E-state index in [9.17, 15) is 9.59 Å². The minimum Gasteiger partial charge on any atom is -0.378 e. The van der Waals surface area contributed by atoms with E-state index in [1.165, 1.54) is 0 Å². The molecule has 3 heterocycles. The second-order valence-corrected chi connectivity index (χ2v) is 6.09. The van der Waals surface area contributed by atoms with Gasteiger partial charge in [0.25, 0.3) is 5.91 Å². The Morgan fingerprint density at radius 1 is 1.09 bits per heavy atom. The highest BCUT2D eigenvalue weighted by atomic mass is 16.5. The molecule has 0 atom stereocenters. The Kier molecular flexibility index (Phi) is 3.53. The minimum atomic E-state index is -0.0674. The number of aromatic nitrogens is 1. The van der Waals surface area contributed by atoms with E-state index in [0.29, 0.717) is 45.0 Å². The molecule has 0 bridgehead atoms. The maximum absolute atomic E-state index is 12.6. The van der Waals surface area contributed by atoms with Gasteiger partial charge in [0, 0.05) is 43.3 Å². The summed E-state index contributed by atoms with van der Waals surface area (Å²) in [6.07, 6.45) is 1.75. The third-order valence-corrected chi connectivity index (χ3v) is 4.66. The van der Waals surface area contributed by atoms with Crippen molar-refractivity contribution in [1.29, 1.82) is 0 Å². The van der Waals surface area contributed by atoms with E-state index in [1.54, 1.807) is 11.1 Å². The van der Waals surface area contributed by atoms with Gasteiger partial charge in [-0.2, -0.15) is 0 Å². The number of hydrogen-bond donors (Lipinski definition) is 1. The number of carbonyl (C=O) groups is 2. The van der Waals surface area contributed by atoms with Crippen LogP contribution in [0.2, 0.25) is 0 Å². The molecule has 1 aromatic carbocycles. The van der Waals surface area contributed by atoms with Gasteiger partial charge in [0.05, 0.1) is 24.7 Å². The Balaban J connectivity index is 1.41. The molecule has 23 heavy (non-hydrogen) atoms. The number of carbonyl (C=O) groups excluding carboxylic acids is 2. The fourth-order valence-corrected chi connectivity index (χ4v) is 3.26. The minimum absolute atomic E-state index is 0.00604. The number of ether oxygens (including phenoxy) is 1. The molecule has 1 aromatic heterocycles. The summed E-state index contributed by atoms with van der Waals surface area (Å²) >= 11 is 0. The summed E-state index contributed by atoms with van der Waals surface area (Å²) in [5.74, 6) is 0.0759. The van der Waals surface area contributed by atoms with Crippen molar-refractivity contribution in [3.05, 3.63) is 36.0 Å². The summed E-state index contributed by atoms with van der Waals surface area (Å²) in [5, 5.41) is 0.931. The highest BCUT2D eigenvalue weighted by molar-refractivity contribution is 6.07. The number of fused-ring (bicyclic) bond motifs is 1. The van der Waals surface area contributed by atoms with Gasteiger partial charge < -0.3 is 19.5 Å². The molecule has 0 spiro atoms. The molecule has 0 unspecified atom stereocenters. The topological polar surface area (TPSA) is 65.6 Å². The number of para-hydroxylation sites is 1.